The average Bonchev–Trinajstić information content (AvgIpc) is 2.87. The van der Waals surface area contributed by atoms with Crippen molar-refractivity contribution in [1.29, 1.82) is 0 Å². The molecule has 0 bridgehead atoms. The van der Waals surface area contributed by atoms with Crippen LogP contribution < -0.4 is 4.90 Å². The molecule has 0 unspecified atom stereocenters. The molecular formula is C8H8N2O2. The largest absolute Gasteiger partial charge is 0.368 e. The van der Waals surface area contributed by atoms with Crippen molar-refractivity contribution in [3.63, 3.8) is 0 Å². The summed E-state index contributed by atoms with van der Waals surface area (Å²) in [6.07, 6.45) is 0. The number of hydrogen-bond donors (Lipinski definition) is 0. The summed E-state index contributed by atoms with van der Waals surface area (Å²) in [6.45, 7) is 2.13. The molecule has 0 radical (unpaired) electrons. The Balaban J connectivity index is 2.24. The number of nitro benzene ring substituents is 1. The van der Waals surface area contributed by atoms with E-state index < -0.39 is 0 Å². The Bertz CT molecular complexity index is 303. The summed E-state index contributed by atoms with van der Waals surface area (Å²) in [5.41, 5.74) is 1.22. The molecule has 0 amide bonds. The van der Waals surface area contributed by atoms with Crippen LogP contribution in [0.4, 0.5) is 11.4 Å². The lowest BCUT2D eigenvalue weighted by atomic mass is 10.3. The van der Waals surface area contributed by atoms with E-state index in [2.05, 4.69) is 4.90 Å². The van der Waals surface area contributed by atoms with E-state index in [-0.39, 0.29) is 10.6 Å². The molecule has 0 aliphatic carbocycles. The van der Waals surface area contributed by atoms with Gasteiger partial charge in [-0.1, -0.05) is 0 Å². The van der Waals surface area contributed by atoms with Gasteiger partial charge in [0, 0.05) is 30.9 Å². The fraction of sp³-hybridized carbons (Fsp3) is 0.250. The lowest BCUT2D eigenvalue weighted by Gasteiger charge is -1.99. The molecule has 0 N–H and O–H groups in total. The Kier molecular flexibility index (Phi) is 1.46. The van der Waals surface area contributed by atoms with Gasteiger partial charge in [-0.15, -0.1) is 0 Å². The molecule has 1 heterocycles. The van der Waals surface area contributed by atoms with Gasteiger partial charge in [0.15, 0.2) is 0 Å². The van der Waals surface area contributed by atoms with Crippen molar-refractivity contribution in [2.45, 2.75) is 0 Å². The second-order valence-electron chi connectivity index (χ2n) is 2.76. The van der Waals surface area contributed by atoms with Gasteiger partial charge >= 0.3 is 0 Å². The van der Waals surface area contributed by atoms with E-state index in [1.807, 2.05) is 0 Å². The monoisotopic (exact) mass is 164 g/mol. The van der Waals surface area contributed by atoms with Crippen LogP contribution in [0.3, 0.4) is 0 Å². The highest BCUT2D eigenvalue weighted by Gasteiger charge is 2.18. The fourth-order valence-electron chi connectivity index (χ4n) is 1.09. The smallest absolute Gasteiger partial charge is 0.269 e. The standard InChI is InChI=1S/C8H8N2O2/c11-10(12)8-3-1-7(2-4-8)9-5-6-9/h1-4H,5-6H2. The average molecular weight is 164 g/mol. The van der Waals surface area contributed by atoms with E-state index in [4.69, 9.17) is 0 Å². The number of rotatable bonds is 2. The molecule has 4 heteroatoms. The fourth-order valence-corrected chi connectivity index (χ4v) is 1.09. The summed E-state index contributed by atoms with van der Waals surface area (Å²) in [5.74, 6) is 0. The van der Waals surface area contributed by atoms with E-state index >= 15 is 0 Å². The molecule has 4 nitrogen and oxygen atoms in total. The van der Waals surface area contributed by atoms with Gasteiger partial charge in [0.1, 0.15) is 0 Å². The second-order valence-corrected chi connectivity index (χ2v) is 2.76. The summed E-state index contributed by atoms with van der Waals surface area (Å²) in [5, 5.41) is 10.3. The Morgan fingerprint density at radius 2 is 1.83 bits per heavy atom. The first kappa shape index (κ1) is 7.09. The lowest BCUT2D eigenvalue weighted by Crippen LogP contribution is -1.91. The summed E-state index contributed by atoms with van der Waals surface area (Å²) in [4.78, 5) is 12.0. The van der Waals surface area contributed by atoms with Crippen molar-refractivity contribution >= 4 is 11.4 Å². The first-order chi connectivity index (χ1) is 5.77. The first-order valence-corrected chi connectivity index (χ1v) is 3.77. The minimum atomic E-state index is -0.383. The van der Waals surface area contributed by atoms with Crippen LogP contribution in [-0.2, 0) is 0 Å². The minimum absolute atomic E-state index is 0.153. The molecule has 2 rings (SSSR count). The van der Waals surface area contributed by atoms with Crippen molar-refractivity contribution < 1.29 is 4.92 Å². The van der Waals surface area contributed by atoms with Crippen molar-refractivity contribution in [2.24, 2.45) is 0 Å². The van der Waals surface area contributed by atoms with Crippen molar-refractivity contribution in [1.82, 2.24) is 0 Å². The number of hydrogen-bond acceptors (Lipinski definition) is 3. The number of nitrogens with zero attached hydrogens (tertiary/aromatic N) is 2. The molecule has 1 aliphatic rings. The zero-order chi connectivity index (χ0) is 8.55. The third kappa shape index (κ3) is 1.23. The van der Waals surface area contributed by atoms with Crippen LogP contribution in [0, 0.1) is 10.1 Å². The third-order valence-electron chi connectivity index (χ3n) is 1.87. The highest BCUT2D eigenvalue weighted by molar-refractivity contribution is 5.54. The van der Waals surface area contributed by atoms with Gasteiger partial charge in [-0.3, -0.25) is 10.1 Å². The van der Waals surface area contributed by atoms with Crippen LogP contribution in [0.15, 0.2) is 24.3 Å². The Morgan fingerprint density at radius 1 is 1.25 bits per heavy atom. The van der Waals surface area contributed by atoms with Crippen LogP contribution in [-0.4, -0.2) is 18.0 Å². The second kappa shape index (κ2) is 2.48. The van der Waals surface area contributed by atoms with E-state index in [9.17, 15) is 10.1 Å². The van der Waals surface area contributed by atoms with E-state index in [0.717, 1.165) is 18.8 Å². The molecule has 1 saturated heterocycles. The normalized spacial score (nSPS) is 14.5. The van der Waals surface area contributed by atoms with Gasteiger partial charge in [-0.25, -0.2) is 0 Å². The predicted octanol–water partition coefficient (Wildman–Crippen LogP) is 1.41. The number of benzene rings is 1. The van der Waals surface area contributed by atoms with Crippen LogP contribution in [0.25, 0.3) is 0 Å². The highest BCUT2D eigenvalue weighted by atomic mass is 16.6. The molecule has 0 saturated carbocycles. The van der Waals surface area contributed by atoms with Crippen LogP contribution >= 0.6 is 0 Å². The Hall–Kier alpha value is -1.58. The molecule has 1 aromatic carbocycles. The van der Waals surface area contributed by atoms with E-state index in [0.29, 0.717) is 0 Å². The number of non-ortho nitro benzene ring substituents is 1. The van der Waals surface area contributed by atoms with Crippen LogP contribution in [0.2, 0.25) is 0 Å². The van der Waals surface area contributed by atoms with Gasteiger partial charge in [0.05, 0.1) is 4.92 Å². The minimum Gasteiger partial charge on any atom is -0.368 e. The Labute approximate surface area is 69.6 Å². The first-order valence-electron chi connectivity index (χ1n) is 3.77. The van der Waals surface area contributed by atoms with Gasteiger partial charge in [-0.05, 0) is 12.1 Å². The zero-order valence-electron chi connectivity index (χ0n) is 6.43. The number of anilines is 1. The lowest BCUT2D eigenvalue weighted by molar-refractivity contribution is -0.384. The maximum atomic E-state index is 10.3. The third-order valence-corrected chi connectivity index (χ3v) is 1.87. The molecule has 0 spiro atoms. The molecule has 1 fully saturated rings. The topological polar surface area (TPSA) is 46.1 Å². The SMILES string of the molecule is O=[N+]([O-])c1ccc(N2CC2)cc1. The van der Waals surface area contributed by atoms with Gasteiger partial charge in [0.25, 0.3) is 5.69 Å². The molecule has 62 valence electrons. The summed E-state index contributed by atoms with van der Waals surface area (Å²) >= 11 is 0. The van der Waals surface area contributed by atoms with Crippen LogP contribution in [0.5, 0.6) is 0 Å². The van der Waals surface area contributed by atoms with Gasteiger partial charge in [-0.2, -0.15) is 0 Å². The molecule has 1 aliphatic heterocycles. The molecule has 12 heavy (non-hydrogen) atoms. The highest BCUT2D eigenvalue weighted by Crippen LogP contribution is 2.23. The van der Waals surface area contributed by atoms with Gasteiger partial charge < -0.3 is 4.90 Å². The van der Waals surface area contributed by atoms with Crippen molar-refractivity contribution in [3.8, 4) is 0 Å². The van der Waals surface area contributed by atoms with E-state index in [1.165, 1.54) is 12.1 Å². The molecule has 1 aromatic rings. The van der Waals surface area contributed by atoms with Gasteiger partial charge in [0.2, 0.25) is 0 Å². The predicted molar refractivity (Wildman–Crippen MR) is 45.3 cm³/mol. The Morgan fingerprint density at radius 3 is 2.25 bits per heavy atom. The van der Waals surface area contributed by atoms with Crippen molar-refractivity contribution in [3.05, 3.63) is 34.4 Å². The summed E-state index contributed by atoms with van der Waals surface area (Å²) in [6, 6.07) is 6.64. The maximum absolute atomic E-state index is 10.3. The molecule has 0 atom stereocenters. The molecular weight excluding hydrogens is 156 g/mol. The summed E-state index contributed by atoms with van der Waals surface area (Å²) < 4.78 is 0. The zero-order valence-corrected chi connectivity index (χ0v) is 6.43. The number of nitro groups is 1. The summed E-state index contributed by atoms with van der Waals surface area (Å²) in [7, 11) is 0. The maximum Gasteiger partial charge on any atom is 0.269 e. The van der Waals surface area contributed by atoms with Crippen LogP contribution in [0.1, 0.15) is 0 Å². The quantitative estimate of drug-likeness (QED) is 0.377. The molecule has 0 aromatic heterocycles. The van der Waals surface area contributed by atoms with E-state index in [1.54, 1.807) is 12.1 Å². The van der Waals surface area contributed by atoms with Crippen molar-refractivity contribution in [2.75, 3.05) is 18.0 Å².